The molecule has 4 fully saturated rings. The van der Waals surface area contributed by atoms with Crippen LogP contribution < -0.4 is 0 Å². The zero-order valence-electron chi connectivity index (χ0n) is 25.4. The van der Waals surface area contributed by atoms with E-state index in [1.54, 1.807) is 24.3 Å². The van der Waals surface area contributed by atoms with Crippen molar-refractivity contribution in [2.45, 2.75) is 135 Å². The Hall–Kier alpha value is -0.910. The third-order valence-corrected chi connectivity index (χ3v) is 13.9. The van der Waals surface area contributed by atoms with Crippen LogP contribution in [0.1, 0.15) is 117 Å². The van der Waals surface area contributed by atoms with E-state index in [0.29, 0.717) is 30.1 Å². The van der Waals surface area contributed by atoms with Gasteiger partial charge in [0, 0.05) is 6.42 Å². The molecule has 0 aromatic heterocycles. The van der Waals surface area contributed by atoms with E-state index in [-0.39, 0.29) is 10.3 Å². The summed E-state index contributed by atoms with van der Waals surface area (Å²) in [5, 5.41) is 12.2. The Morgan fingerprint density at radius 2 is 1.64 bits per heavy atom. The highest BCUT2D eigenvalue weighted by atomic mass is 32.2. The van der Waals surface area contributed by atoms with Crippen molar-refractivity contribution in [2.24, 2.45) is 46.3 Å². The Morgan fingerprint density at radius 3 is 2.33 bits per heavy atom. The maximum Gasteiger partial charge on any atom is 0.297 e. The van der Waals surface area contributed by atoms with Gasteiger partial charge in [0.2, 0.25) is 0 Å². The van der Waals surface area contributed by atoms with Crippen molar-refractivity contribution in [2.75, 3.05) is 0 Å². The first-order valence-corrected chi connectivity index (χ1v) is 17.4. The monoisotopic (exact) mass is 558 g/mol. The molecule has 0 saturated heterocycles. The minimum Gasteiger partial charge on any atom is -0.389 e. The molecule has 0 bridgehead atoms. The van der Waals surface area contributed by atoms with E-state index in [1.165, 1.54) is 44.9 Å². The Labute approximate surface area is 238 Å². The van der Waals surface area contributed by atoms with Gasteiger partial charge in [0.25, 0.3) is 10.1 Å². The fourth-order valence-electron chi connectivity index (χ4n) is 10.3. The van der Waals surface area contributed by atoms with Gasteiger partial charge in [0.1, 0.15) is 0 Å². The molecule has 0 aliphatic heterocycles. The Morgan fingerprint density at radius 1 is 0.923 bits per heavy atom. The van der Waals surface area contributed by atoms with Gasteiger partial charge >= 0.3 is 0 Å². The SMILES string of the molecule is Cc1ccc(S(=O)(=O)OC2CCC3(C)C4CCC5(C)C(C(C)CCCC(C)C)CCC5C4CCC3(O)C2)cc1. The second-order valence-corrected chi connectivity index (χ2v) is 16.7. The van der Waals surface area contributed by atoms with Crippen LogP contribution in [0.2, 0.25) is 0 Å². The highest BCUT2D eigenvalue weighted by Crippen LogP contribution is 2.69. The molecule has 0 radical (unpaired) electrons. The van der Waals surface area contributed by atoms with Crippen LogP contribution in [0.4, 0.5) is 0 Å². The molecule has 5 heteroatoms. The summed E-state index contributed by atoms with van der Waals surface area (Å²) < 4.78 is 31.8. The van der Waals surface area contributed by atoms with Crippen LogP contribution in [-0.2, 0) is 14.3 Å². The first-order valence-electron chi connectivity index (χ1n) is 16.0. The zero-order chi connectivity index (χ0) is 28.2. The summed E-state index contributed by atoms with van der Waals surface area (Å²) in [6.45, 7) is 14.1. The largest absolute Gasteiger partial charge is 0.389 e. The zero-order valence-corrected chi connectivity index (χ0v) is 26.2. The summed E-state index contributed by atoms with van der Waals surface area (Å²) in [5.41, 5.74) is 0.444. The number of benzene rings is 1. The fourth-order valence-corrected chi connectivity index (χ4v) is 11.4. The molecule has 0 heterocycles. The van der Waals surface area contributed by atoms with Crippen molar-refractivity contribution in [1.82, 2.24) is 0 Å². The maximum absolute atomic E-state index is 13.0. The molecule has 0 spiro atoms. The van der Waals surface area contributed by atoms with Gasteiger partial charge in [0.05, 0.1) is 16.6 Å². The van der Waals surface area contributed by atoms with Crippen LogP contribution in [0.25, 0.3) is 0 Å². The molecule has 39 heavy (non-hydrogen) atoms. The second kappa shape index (κ2) is 10.7. The summed E-state index contributed by atoms with van der Waals surface area (Å²) in [4.78, 5) is 0.206. The molecule has 4 saturated carbocycles. The van der Waals surface area contributed by atoms with Crippen molar-refractivity contribution >= 4 is 10.1 Å². The molecule has 4 nitrogen and oxygen atoms in total. The minimum atomic E-state index is -3.84. The second-order valence-electron chi connectivity index (χ2n) is 15.1. The molecule has 5 rings (SSSR count). The lowest BCUT2D eigenvalue weighted by Gasteiger charge is -2.64. The molecule has 4 aliphatic carbocycles. The van der Waals surface area contributed by atoms with Gasteiger partial charge < -0.3 is 5.11 Å². The normalized spacial score (nSPS) is 41.1. The van der Waals surface area contributed by atoms with Gasteiger partial charge in [-0.15, -0.1) is 0 Å². The van der Waals surface area contributed by atoms with E-state index in [2.05, 4.69) is 34.6 Å². The van der Waals surface area contributed by atoms with Gasteiger partial charge in [-0.3, -0.25) is 4.18 Å². The fraction of sp³-hybridized carbons (Fsp3) is 0.824. The molecule has 1 N–H and O–H groups in total. The average Bonchev–Trinajstić information content (AvgIpc) is 3.22. The number of hydrogen-bond acceptors (Lipinski definition) is 4. The Balaban J connectivity index is 1.27. The smallest absolute Gasteiger partial charge is 0.297 e. The van der Waals surface area contributed by atoms with Crippen molar-refractivity contribution in [3.8, 4) is 0 Å². The van der Waals surface area contributed by atoms with E-state index < -0.39 is 21.8 Å². The third-order valence-electron chi connectivity index (χ3n) is 12.5. The third kappa shape index (κ3) is 5.27. The van der Waals surface area contributed by atoms with E-state index in [0.717, 1.165) is 48.5 Å². The molecule has 1 aromatic carbocycles. The van der Waals surface area contributed by atoms with Gasteiger partial charge in [0.15, 0.2) is 0 Å². The standard InChI is InChI=1S/C34H54O4S/c1-23(2)8-7-9-25(4)29-14-15-30-28-17-21-34(35)22-26(38-39(36,37)27-12-10-24(3)11-13-27)16-20-33(34,6)31(28)18-19-32(29,30)5/h10-13,23,25-26,28-31,35H,7-9,14-22H2,1-6H3. The molecule has 0 amide bonds. The number of fused-ring (bicyclic) bond motifs is 5. The van der Waals surface area contributed by atoms with Crippen molar-refractivity contribution in [3.63, 3.8) is 0 Å². The molecule has 220 valence electrons. The van der Waals surface area contributed by atoms with E-state index in [4.69, 9.17) is 4.18 Å². The molecule has 1 aromatic rings. The molecule has 4 aliphatic rings. The quantitative estimate of drug-likeness (QED) is 0.326. The Bertz CT molecular complexity index is 1110. The highest BCUT2D eigenvalue weighted by Gasteiger charge is 2.65. The topological polar surface area (TPSA) is 63.6 Å². The predicted molar refractivity (Wildman–Crippen MR) is 158 cm³/mol. The summed E-state index contributed by atoms with van der Waals surface area (Å²) in [6, 6.07) is 6.85. The highest BCUT2D eigenvalue weighted by molar-refractivity contribution is 7.86. The summed E-state index contributed by atoms with van der Waals surface area (Å²) in [7, 11) is -3.84. The number of rotatable bonds is 8. The van der Waals surface area contributed by atoms with E-state index in [9.17, 15) is 13.5 Å². The predicted octanol–water partition coefficient (Wildman–Crippen LogP) is 8.31. The van der Waals surface area contributed by atoms with Crippen LogP contribution >= 0.6 is 0 Å². The Kier molecular flexibility index (Phi) is 8.14. The van der Waals surface area contributed by atoms with Crippen molar-refractivity contribution in [1.29, 1.82) is 0 Å². The van der Waals surface area contributed by atoms with Gasteiger partial charge in [-0.05, 0) is 117 Å². The number of aliphatic hydroxyl groups is 1. The van der Waals surface area contributed by atoms with Crippen LogP contribution in [0.15, 0.2) is 29.2 Å². The van der Waals surface area contributed by atoms with Gasteiger partial charge in [-0.2, -0.15) is 8.42 Å². The van der Waals surface area contributed by atoms with Crippen LogP contribution in [0.5, 0.6) is 0 Å². The van der Waals surface area contributed by atoms with Crippen LogP contribution in [-0.4, -0.2) is 25.2 Å². The lowest BCUT2D eigenvalue weighted by atomic mass is 9.43. The lowest BCUT2D eigenvalue weighted by Crippen LogP contribution is -2.63. The van der Waals surface area contributed by atoms with Crippen LogP contribution in [0.3, 0.4) is 0 Å². The average molecular weight is 559 g/mol. The first kappa shape index (κ1) is 29.6. The summed E-state index contributed by atoms with van der Waals surface area (Å²) >= 11 is 0. The van der Waals surface area contributed by atoms with Crippen molar-refractivity contribution < 1.29 is 17.7 Å². The van der Waals surface area contributed by atoms with Crippen LogP contribution in [0, 0.1) is 53.3 Å². The molecular weight excluding hydrogens is 504 g/mol. The number of hydrogen-bond donors (Lipinski definition) is 1. The maximum atomic E-state index is 13.0. The van der Waals surface area contributed by atoms with Gasteiger partial charge in [-0.25, -0.2) is 0 Å². The molecule has 9 unspecified atom stereocenters. The van der Waals surface area contributed by atoms with Gasteiger partial charge in [-0.1, -0.05) is 71.6 Å². The first-order chi connectivity index (χ1) is 18.3. The summed E-state index contributed by atoms with van der Waals surface area (Å²) in [5.74, 6) is 4.42. The molecular formula is C34H54O4S. The molecule has 9 atom stereocenters. The minimum absolute atomic E-state index is 0.161. The van der Waals surface area contributed by atoms with Crippen molar-refractivity contribution in [3.05, 3.63) is 29.8 Å². The lowest BCUT2D eigenvalue weighted by molar-refractivity contribution is -0.217. The summed E-state index contributed by atoms with van der Waals surface area (Å²) in [6.07, 6.45) is 12.6. The van der Waals surface area contributed by atoms with E-state index >= 15 is 0 Å². The van der Waals surface area contributed by atoms with E-state index in [1.807, 2.05) is 6.92 Å². The number of aryl methyl sites for hydroxylation is 1.